The Hall–Kier alpha value is -0.510. The number of nitrogens with one attached hydrogen (secondary N) is 1. The van der Waals surface area contributed by atoms with E-state index in [9.17, 15) is 0 Å². The van der Waals surface area contributed by atoms with Crippen molar-refractivity contribution in [1.82, 2.24) is 10.2 Å². The molecule has 0 fully saturated rings. The van der Waals surface area contributed by atoms with Crippen LogP contribution in [0.15, 0.2) is 29.2 Å². The Morgan fingerprint density at radius 1 is 1.21 bits per heavy atom. The topological polar surface area (TPSA) is 15.3 Å². The van der Waals surface area contributed by atoms with Crippen LogP contribution in [-0.4, -0.2) is 36.8 Å². The zero-order valence-corrected chi connectivity index (χ0v) is 13.6. The predicted molar refractivity (Wildman–Crippen MR) is 87.0 cm³/mol. The first-order valence-corrected chi connectivity index (χ1v) is 8.38. The van der Waals surface area contributed by atoms with Gasteiger partial charge in [0.2, 0.25) is 0 Å². The van der Waals surface area contributed by atoms with Gasteiger partial charge >= 0.3 is 0 Å². The average Bonchev–Trinajstić information content (AvgIpc) is 2.44. The maximum atomic E-state index is 3.46. The van der Waals surface area contributed by atoms with Crippen LogP contribution in [0.2, 0.25) is 0 Å². The number of hydrogen-bond acceptors (Lipinski definition) is 3. The van der Waals surface area contributed by atoms with Crippen LogP contribution in [0.25, 0.3) is 0 Å². The summed E-state index contributed by atoms with van der Waals surface area (Å²) in [6.45, 7) is 13.3. The second kappa shape index (κ2) is 9.40. The molecule has 108 valence electrons. The van der Waals surface area contributed by atoms with E-state index in [2.05, 4.69) is 62.2 Å². The van der Waals surface area contributed by atoms with Crippen LogP contribution in [0.5, 0.6) is 0 Å². The van der Waals surface area contributed by atoms with E-state index in [1.165, 1.54) is 22.8 Å². The van der Waals surface area contributed by atoms with Gasteiger partial charge in [0.15, 0.2) is 0 Å². The largest absolute Gasteiger partial charge is 0.310 e. The van der Waals surface area contributed by atoms with Crippen molar-refractivity contribution >= 4 is 11.8 Å². The molecule has 19 heavy (non-hydrogen) atoms. The van der Waals surface area contributed by atoms with Crippen molar-refractivity contribution in [2.45, 2.75) is 38.6 Å². The third kappa shape index (κ3) is 5.98. The Morgan fingerprint density at radius 3 is 2.58 bits per heavy atom. The molecule has 1 atom stereocenters. The zero-order chi connectivity index (χ0) is 14.1. The van der Waals surface area contributed by atoms with E-state index >= 15 is 0 Å². The van der Waals surface area contributed by atoms with E-state index in [0.29, 0.717) is 6.04 Å². The molecule has 0 aliphatic heterocycles. The van der Waals surface area contributed by atoms with Gasteiger partial charge in [0.1, 0.15) is 0 Å². The highest BCUT2D eigenvalue weighted by molar-refractivity contribution is 7.99. The van der Waals surface area contributed by atoms with Gasteiger partial charge in [-0.05, 0) is 44.3 Å². The first-order chi connectivity index (χ1) is 9.21. The van der Waals surface area contributed by atoms with Gasteiger partial charge in [-0.15, -0.1) is 11.8 Å². The highest BCUT2D eigenvalue weighted by atomic mass is 32.2. The molecule has 1 rings (SSSR count). The van der Waals surface area contributed by atoms with Gasteiger partial charge in [-0.3, -0.25) is 0 Å². The van der Waals surface area contributed by atoms with E-state index in [0.717, 1.165) is 19.6 Å². The number of nitrogens with zero attached hydrogens (tertiary/aromatic N) is 1. The molecule has 0 spiro atoms. The summed E-state index contributed by atoms with van der Waals surface area (Å²) >= 11 is 1.96. The van der Waals surface area contributed by atoms with Crippen LogP contribution in [0.3, 0.4) is 0 Å². The molecular formula is C16H28N2S. The zero-order valence-electron chi connectivity index (χ0n) is 12.8. The minimum absolute atomic E-state index is 0.438. The van der Waals surface area contributed by atoms with Crippen LogP contribution < -0.4 is 5.32 Å². The van der Waals surface area contributed by atoms with Gasteiger partial charge in [-0.25, -0.2) is 0 Å². The molecule has 0 heterocycles. The molecule has 0 bridgehead atoms. The summed E-state index contributed by atoms with van der Waals surface area (Å²) in [5.41, 5.74) is 1.38. The molecular weight excluding hydrogens is 252 g/mol. The monoisotopic (exact) mass is 280 g/mol. The van der Waals surface area contributed by atoms with E-state index in [4.69, 9.17) is 0 Å². The van der Waals surface area contributed by atoms with Crippen molar-refractivity contribution in [2.24, 2.45) is 0 Å². The fourth-order valence-corrected chi connectivity index (χ4v) is 3.11. The van der Waals surface area contributed by atoms with E-state index < -0.39 is 0 Å². The first-order valence-electron chi connectivity index (χ1n) is 7.39. The normalized spacial score (nSPS) is 12.9. The highest BCUT2D eigenvalue weighted by Gasteiger charge is 2.05. The third-order valence-electron chi connectivity index (χ3n) is 3.44. The van der Waals surface area contributed by atoms with Crippen LogP contribution in [0.1, 0.15) is 39.3 Å². The van der Waals surface area contributed by atoms with E-state index in [-0.39, 0.29) is 0 Å². The van der Waals surface area contributed by atoms with Gasteiger partial charge in [-0.2, -0.15) is 0 Å². The van der Waals surface area contributed by atoms with Gasteiger partial charge in [0, 0.05) is 23.2 Å². The lowest BCUT2D eigenvalue weighted by Crippen LogP contribution is -2.25. The predicted octanol–water partition coefficient (Wildman–Crippen LogP) is 3.79. The Labute approximate surface area is 123 Å². The SMILES string of the molecule is CCNC(C)c1cccc(SCCN(CC)CC)c1. The maximum absolute atomic E-state index is 3.46. The third-order valence-corrected chi connectivity index (χ3v) is 4.41. The number of rotatable bonds is 9. The average molecular weight is 280 g/mol. The quantitative estimate of drug-likeness (QED) is 0.693. The van der Waals surface area contributed by atoms with Crippen molar-refractivity contribution in [1.29, 1.82) is 0 Å². The van der Waals surface area contributed by atoms with Crippen molar-refractivity contribution in [3.05, 3.63) is 29.8 Å². The van der Waals surface area contributed by atoms with E-state index in [1.54, 1.807) is 0 Å². The number of hydrogen-bond donors (Lipinski definition) is 1. The fraction of sp³-hybridized carbons (Fsp3) is 0.625. The molecule has 0 aliphatic carbocycles. The summed E-state index contributed by atoms with van der Waals surface area (Å²) in [5, 5.41) is 3.46. The molecule has 0 aliphatic rings. The molecule has 3 heteroatoms. The van der Waals surface area contributed by atoms with Crippen molar-refractivity contribution in [3.8, 4) is 0 Å². The summed E-state index contributed by atoms with van der Waals surface area (Å²) in [4.78, 5) is 3.85. The molecule has 0 amide bonds. The summed E-state index contributed by atoms with van der Waals surface area (Å²) < 4.78 is 0. The summed E-state index contributed by atoms with van der Waals surface area (Å²) in [7, 11) is 0. The lowest BCUT2D eigenvalue weighted by molar-refractivity contribution is 0.324. The molecule has 2 nitrogen and oxygen atoms in total. The van der Waals surface area contributed by atoms with Crippen LogP contribution in [0, 0.1) is 0 Å². The molecule has 1 aromatic carbocycles. The van der Waals surface area contributed by atoms with Crippen molar-refractivity contribution < 1.29 is 0 Å². The molecule has 1 unspecified atom stereocenters. The van der Waals surface area contributed by atoms with Crippen molar-refractivity contribution in [3.63, 3.8) is 0 Å². The Kier molecular flexibility index (Phi) is 8.19. The molecule has 1 aromatic rings. The van der Waals surface area contributed by atoms with Crippen LogP contribution in [0.4, 0.5) is 0 Å². The minimum atomic E-state index is 0.438. The van der Waals surface area contributed by atoms with Gasteiger partial charge < -0.3 is 10.2 Å². The van der Waals surface area contributed by atoms with E-state index in [1.807, 2.05) is 11.8 Å². The summed E-state index contributed by atoms with van der Waals surface area (Å²) in [6.07, 6.45) is 0. The van der Waals surface area contributed by atoms with Gasteiger partial charge in [0.25, 0.3) is 0 Å². The Balaban J connectivity index is 2.48. The van der Waals surface area contributed by atoms with Crippen LogP contribution >= 0.6 is 11.8 Å². The molecule has 1 N–H and O–H groups in total. The number of thioether (sulfide) groups is 1. The maximum Gasteiger partial charge on any atom is 0.0292 e. The lowest BCUT2D eigenvalue weighted by Gasteiger charge is -2.18. The van der Waals surface area contributed by atoms with Crippen molar-refractivity contribution in [2.75, 3.05) is 31.9 Å². The molecule has 0 saturated heterocycles. The standard InChI is InChI=1S/C16H28N2S/c1-5-17-14(4)15-9-8-10-16(13-15)19-12-11-18(6-2)7-3/h8-10,13-14,17H,5-7,11-12H2,1-4H3. The summed E-state index contributed by atoms with van der Waals surface area (Å²) in [6, 6.07) is 9.35. The van der Waals surface area contributed by atoms with Gasteiger partial charge in [0.05, 0.1) is 0 Å². The van der Waals surface area contributed by atoms with Gasteiger partial charge in [-0.1, -0.05) is 32.9 Å². The molecule has 0 radical (unpaired) electrons. The first kappa shape index (κ1) is 16.5. The highest BCUT2D eigenvalue weighted by Crippen LogP contribution is 2.22. The Morgan fingerprint density at radius 2 is 1.95 bits per heavy atom. The lowest BCUT2D eigenvalue weighted by atomic mass is 10.1. The smallest absolute Gasteiger partial charge is 0.0292 e. The summed E-state index contributed by atoms with van der Waals surface area (Å²) in [5.74, 6) is 1.17. The second-order valence-electron chi connectivity index (χ2n) is 4.73. The van der Waals surface area contributed by atoms with Crippen LogP contribution in [-0.2, 0) is 0 Å². The molecule has 0 aromatic heterocycles. The number of benzene rings is 1. The Bertz CT molecular complexity index is 350. The minimum Gasteiger partial charge on any atom is -0.310 e. The fourth-order valence-electron chi connectivity index (χ4n) is 2.13. The molecule has 0 saturated carbocycles. The second-order valence-corrected chi connectivity index (χ2v) is 5.90.